The zero-order chi connectivity index (χ0) is 17.6. The zero-order valence-electron chi connectivity index (χ0n) is 15.3. The maximum Gasteiger partial charge on any atom is 0.246 e. The zero-order valence-corrected chi connectivity index (χ0v) is 15.3. The summed E-state index contributed by atoms with van der Waals surface area (Å²) in [6.07, 6.45) is 0. The molecule has 0 spiro atoms. The normalized spacial score (nSPS) is 16.0. The molecule has 0 atom stereocenters. The molecule has 0 unspecified atom stereocenters. The van der Waals surface area contributed by atoms with E-state index in [0.29, 0.717) is 0 Å². The lowest BCUT2D eigenvalue weighted by Crippen LogP contribution is -2.51. The molecule has 0 saturated carbocycles. The molecule has 1 fully saturated rings. The van der Waals surface area contributed by atoms with Crippen molar-refractivity contribution in [3.05, 3.63) is 24.3 Å². The lowest BCUT2D eigenvalue weighted by Gasteiger charge is -2.35. The van der Waals surface area contributed by atoms with Crippen LogP contribution in [0.4, 0.5) is 0 Å². The molecule has 136 valence electrons. The van der Waals surface area contributed by atoms with Crippen molar-refractivity contribution in [3.63, 3.8) is 0 Å². The fourth-order valence-electron chi connectivity index (χ4n) is 3.24. The average molecular weight is 344 g/mol. The molecule has 0 aliphatic carbocycles. The van der Waals surface area contributed by atoms with Crippen LogP contribution in [0.2, 0.25) is 0 Å². The van der Waals surface area contributed by atoms with Gasteiger partial charge < -0.3 is 9.80 Å². The topological polar surface area (TPSA) is 57.5 Å². The number of benzene rings is 1. The van der Waals surface area contributed by atoms with Crippen molar-refractivity contribution in [2.75, 3.05) is 52.4 Å². The van der Waals surface area contributed by atoms with Gasteiger partial charge in [-0.05, 0) is 25.2 Å². The molecule has 3 rings (SSSR count). The number of piperazine rings is 1. The fourth-order valence-corrected chi connectivity index (χ4v) is 3.24. The number of fused-ring (bicyclic) bond motifs is 1. The van der Waals surface area contributed by atoms with Gasteiger partial charge in [0.2, 0.25) is 5.91 Å². The van der Waals surface area contributed by atoms with Gasteiger partial charge in [-0.2, -0.15) is 15.0 Å². The highest BCUT2D eigenvalue weighted by molar-refractivity contribution is 5.77. The van der Waals surface area contributed by atoms with Crippen molar-refractivity contribution in [1.29, 1.82) is 0 Å². The molecule has 7 nitrogen and oxygen atoms in total. The molecule has 1 saturated heterocycles. The van der Waals surface area contributed by atoms with E-state index < -0.39 is 0 Å². The molecule has 1 amide bonds. The number of rotatable bonds is 7. The van der Waals surface area contributed by atoms with Crippen molar-refractivity contribution in [3.8, 4) is 0 Å². The van der Waals surface area contributed by atoms with Gasteiger partial charge in [0.15, 0.2) is 0 Å². The van der Waals surface area contributed by atoms with E-state index in [4.69, 9.17) is 0 Å². The average Bonchev–Trinajstić information content (AvgIpc) is 3.05. The third-order valence-corrected chi connectivity index (χ3v) is 4.96. The number of hydrogen-bond donors (Lipinski definition) is 0. The standard InChI is InChI=1S/C18H28N6O/c1-3-21(4-2)9-10-22-11-13-23(14-12-22)18(25)15-24-19-16-7-5-6-8-17(16)20-24/h5-8H,3-4,9-15H2,1-2H3. The van der Waals surface area contributed by atoms with Crippen molar-refractivity contribution in [2.24, 2.45) is 0 Å². The second-order valence-corrected chi connectivity index (χ2v) is 6.47. The molecule has 1 aliphatic heterocycles. The van der Waals surface area contributed by atoms with Gasteiger partial charge >= 0.3 is 0 Å². The highest BCUT2D eigenvalue weighted by Gasteiger charge is 2.22. The Labute approximate surface area is 149 Å². The highest BCUT2D eigenvalue weighted by atomic mass is 16.2. The van der Waals surface area contributed by atoms with Crippen LogP contribution >= 0.6 is 0 Å². The summed E-state index contributed by atoms with van der Waals surface area (Å²) in [6.45, 7) is 12.5. The van der Waals surface area contributed by atoms with Crippen molar-refractivity contribution < 1.29 is 4.79 Å². The fraction of sp³-hybridized carbons (Fsp3) is 0.611. The van der Waals surface area contributed by atoms with Gasteiger partial charge in [-0.1, -0.05) is 26.0 Å². The summed E-state index contributed by atoms with van der Waals surface area (Å²) in [7, 11) is 0. The first-order chi connectivity index (χ1) is 12.2. The van der Waals surface area contributed by atoms with Crippen LogP contribution in [0, 0.1) is 0 Å². The van der Waals surface area contributed by atoms with Gasteiger partial charge in [0.05, 0.1) is 0 Å². The Morgan fingerprint density at radius 1 is 1.04 bits per heavy atom. The first-order valence-electron chi connectivity index (χ1n) is 9.22. The monoisotopic (exact) mass is 344 g/mol. The van der Waals surface area contributed by atoms with Crippen LogP contribution in [0.3, 0.4) is 0 Å². The smallest absolute Gasteiger partial charge is 0.246 e. The van der Waals surface area contributed by atoms with Gasteiger partial charge in [0.1, 0.15) is 17.6 Å². The SMILES string of the molecule is CCN(CC)CCN1CCN(C(=O)Cn2nc3ccccc3n2)CC1. The largest absolute Gasteiger partial charge is 0.338 e. The summed E-state index contributed by atoms with van der Waals surface area (Å²) < 4.78 is 0. The lowest BCUT2D eigenvalue weighted by atomic mass is 10.3. The minimum atomic E-state index is 0.101. The highest BCUT2D eigenvalue weighted by Crippen LogP contribution is 2.08. The molecule has 25 heavy (non-hydrogen) atoms. The van der Waals surface area contributed by atoms with Crippen LogP contribution in [0.5, 0.6) is 0 Å². The minimum Gasteiger partial charge on any atom is -0.338 e. The van der Waals surface area contributed by atoms with Gasteiger partial charge in [-0.25, -0.2) is 0 Å². The first kappa shape index (κ1) is 17.8. The number of carbonyl (C=O) groups excluding carboxylic acids is 1. The van der Waals surface area contributed by atoms with Crippen LogP contribution in [0.15, 0.2) is 24.3 Å². The van der Waals surface area contributed by atoms with Crippen molar-refractivity contribution in [2.45, 2.75) is 20.4 Å². The molecule has 1 aliphatic rings. The first-order valence-corrected chi connectivity index (χ1v) is 9.22. The molecule has 0 bridgehead atoms. The van der Waals surface area contributed by atoms with Gasteiger partial charge in [0, 0.05) is 39.3 Å². The summed E-state index contributed by atoms with van der Waals surface area (Å²) in [5.74, 6) is 0.101. The van der Waals surface area contributed by atoms with Crippen molar-refractivity contribution in [1.82, 2.24) is 29.7 Å². The summed E-state index contributed by atoms with van der Waals surface area (Å²) in [5, 5.41) is 8.74. The number of hydrogen-bond acceptors (Lipinski definition) is 5. The van der Waals surface area contributed by atoms with E-state index >= 15 is 0 Å². The van der Waals surface area contributed by atoms with Crippen LogP contribution in [0.1, 0.15) is 13.8 Å². The number of carbonyl (C=O) groups is 1. The molecular formula is C18H28N6O. The van der Waals surface area contributed by atoms with Gasteiger partial charge in [-0.3, -0.25) is 9.69 Å². The molecule has 1 aromatic heterocycles. The Bertz CT molecular complexity index is 655. The summed E-state index contributed by atoms with van der Waals surface area (Å²) in [6, 6.07) is 7.69. The Hall–Kier alpha value is -1.99. The second-order valence-electron chi connectivity index (χ2n) is 6.47. The predicted molar refractivity (Wildman–Crippen MR) is 98.3 cm³/mol. The van der Waals surface area contributed by atoms with E-state index in [1.54, 1.807) is 0 Å². The minimum absolute atomic E-state index is 0.101. The van der Waals surface area contributed by atoms with Crippen LogP contribution in [-0.2, 0) is 11.3 Å². The van der Waals surface area contributed by atoms with E-state index in [2.05, 4.69) is 33.8 Å². The molecule has 0 radical (unpaired) electrons. The van der Waals surface area contributed by atoms with Gasteiger partial charge in [0.25, 0.3) is 0 Å². The molecule has 2 aromatic rings. The summed E-state index contributed by atoms with van der Waals surface area (Å²) in [5.41, 5.74) is 1.66. The number of aromatic nitrogens is 3. The van der Waals surface area contributed by atoms with Crippen LogP contribution < -0.4 is 0 Å². The van der Waals surface area contributed by atoms with Crippen LogP contribution in [-0.4, -0.2) is 88.0 Å². The third kappa shape index (κ3) is 4.55. The summed E-state index contributed by atoms with van der Waals surface area (Å²) in [4.78, 5) is 20.8. The molecule has 2 heterocycles. The maximum atomic E-state index is 12.5. The Kier molecular flexibility index (Phi) is 5.99. The van der Waals surface area contributed by atoms with E-state index in [-0.39, 0.29) is 12.5 Å². The predicted octanol–water partition coefficient (Wildman–Crippen LogP) is 0.917. The Morgan fingerprint density at radius 3 is 2.20 bits per heavy atom. The number of likely N-dealkylation sites (N-methyl/N-ethyl adjacent to an activating group) is 1. The Morgan fingerprint density at radius 2 is 1.64 bits per heavy atom. The van der Waals surface area contributed by atoms with E-state index in [0.717, 1.165) is 63.4 Å². The molecule has 0 N–H and O–H groups in total. The summed E-state index contributed by atoms with van der Waals surface area (Å²) >= 11 is 0. The van der Waals surface area contributed by atoms with E-state index in [1.165, 1.54) is 4.80 Å². The van der Waals surface area contributed by atoms with E-state index in [1.807, 2.05) is 29.2 Å². The van der Waals surface area contributed by atoms with Crippen LogP contribution in [0.25, 0.3) is 11.0 Å². The second kappa shape index (κ2) is 8.40. The molecular weight excluding hydrogens is 316 g/mol. The number of amides is 1. The van der Waals surface area contributed by atoms with Crippen molar-refractivity contribution >= 4 is 16.9 Å². The quantitative estimate of drug-likeness (QED) is 0.747. The lowest BCUT2D eigenvalue weighted by molar-refractivity contribution is -0.134. The molecule has 1 aromatic carbocycles. The van der Waals surface area contributed by atoms with E-state index in [9.17, 15) is 4.79 Å². The Balaban J connectivity index is 1.46. The third-order valence-electron chi connectivity index (χ3n) is 4.96. The molecule has 7 heteroatoms. The maximum absolute atomic E-state index is 12.5. The van der Waals surface area contributed by atoms with Gasteiger partial charge in [-0.15, -0.1) is 0 Å². The number of nitrogens with zero attached hydrogens (tertiary/aromatic N) is 6.